The molecular weight excluding hydrogens is 428 g/mol. The molecule has 0 aliphatic heterocycles. The quantitative estimate of drug-likeness (QED) is 0.298. The Morgan fingerprint density at radius 3 is 2.73 bits per heavy atom. The fraction of sp³-hybridized carbons (Fsp3) is 0.115. The second-order valence-electron chi connectivity index (χ2n) is 7.94. The zero-order chi connectivity index (χ0) is 22.9. The van der Waals surface area contributed by atoms with Gasteiger partial charge in [-0.05, 0) is 59.2 Å². The van der Waals surface area contributed by atoms with Crippen molar-refractivity contribution in [1.29, 1.82) is 0 Å². The van der Waals surface area contributed by atoms with Gasteiger partial charge in [0.1, 0.15) is 5.69 Å². The van der Waals surface area contributed by atoms with Crippen molar-refractivity contribution in [2.45, 2.75) is 6.92 Å². The molecule has 0 aliphatic carbocycles. The summed E-state index contributed by atoms with van der Waals surface area (Å²) >= 11 is 1.68. The van der Waals surface area contributed by atoms with Crippen molar-refractivity contribution in [3.8, 4) is 22.5 Å². The van der Waals surface area contributed by atoms with Crippen molar-refractivity contribution in [3.05, 3.63) is 83.7 Å². The smallest absolute Gasteiger partial charge is 0.116 e. The number of thiophene rings is 1. The van der Waals surface area contributed by atoms with E-state index in [2.05, 4.69) is 72.8 Å². The predicted molar refractivity (Wildman–Crippen MR) is 138 cm³/mol. The number of nitrogens with zero attached hydrogens (tertiary/aromatic N) is 4. The molecule has 5 rings (SSSR count). The van der Waals surface area contributed by atoms with Crippen LogP contribution in [0.15, 0.2) is 78.1 Å². The lowest BCUT2D eigenvalue weighted by atomic mass is 10.1. The van der Waals surface area contributed by atoms with Gasteiger partial charge < -0.3 is 9.88 Å². The molecule has 0 saturated heterocycles. The normalized spacial score (nSPS) is 12.6. The van der Waals surface area contributed by atoms with Crippen molar-refractivity contribution >= 4 is 38.7 Å². The van der Waals surface area contributed by atoms with Crippen molar-refractivity contribution in [2.75, 3.05) is 14.1 Å². The first-order valence-corrected chi connectivity index (χ1v) is 11.5. The van der Waals surface area contributed by atoms with Gasteiger partial charge in [0.15, 0.2) is 0 Å². The van der Waals surface area contributed by atoms with Crippen LogP contribution in [0.25, 0.3) is 49.9 Å². The highest BCUT2D eigenvalue weighted by molar-refractivity contribution is 7.08. The Morgan fingerprint density at radius 2 is 2.00 bits per heavy atom. The largest absolute Gasteiger partial charge is 0.378 e. The van der Waals surface area contributed by atoms with Crippen molar-refractivity contribution in [3.63, 3.8) is 0 Å². The van der Waals surface area contributed by atoms with E-state index < -0.39 is 0 Å². The fourth-order valence-corrected chi connectivity index (χ4v) is 4.60. The van der Waals surface area contributed by atoms with Gasteiger partial charge in [0.25, 0.3) is 0 Å². The minimum atomic E-state index is 0.858. The van der Waals surface area contributed by atoms with E-state index in [-0.39, 0.29) is 0 Å². The van der Waals surface area contributed by atoms with Gasteiger partial charge in [0.2, 0.25) is 0 Å². The Labute approximate surface area is 196 Å². The predicted octanol–water partition coefficient (Wildman–Crippen LogP) is 6.26. The second kappa shape index (κ2) is 8.52. The third-order valence-electron chi connectivity index (χ3n) is 5.72. The molecule has 0 radical (unpaired) electrons. The van der Waals surface area contributed by atoms with Crippen LogP contribution >= 0.6 is 11.3 Å². The van der Waals surface area contributed by atoms with Crippen LogP contribution in [-0.4, -0.2) is 44.1 Å². The summed E-state index contributed by atoms with van der Waals surface area (Å²) in [4.78, 5) is 14.6. The number of aromatic amines is 2. The number of allylic oxidation sites excluding steroid dienone is 4. The number of likely N-dealkylation sites (N-methyl/N-ethyl adjacent to an activating group) is 1. The topological polar surface area (TPSA) is 73.5 Å². The van der Waals surface area contributed by atoms with Crippen LogP contribution in [0.4, 0.5) is 0 Å². The number of aromatic nitrogens is 5. The number of rotatable bonds is 6. The number of H-pyrrole nitrogens is 2. The highest BCUT2D eigenvalue weighted by Gasteiger charge is 2.15. The summed E-state index contributed by atoms with van der Waals surface area (Å²) < 4.78 is 0. The maximum absolute atomic E-state index is 4.67. The summed E-state index contributed by atoms with van der Waals surface area (Å²) in [7, 11) is 4.00. The van der Waals surface area contributed by atoms with Gasteiger partial charge in [-0.15, -0.1) is 0 Å². The van der Waals surface area contributed by atoms with Gasteiger partial charge in [-0.1, -0.05) is 12.7 Å². The van der Waals surface area contributed by atoms with Crippen LogP contribution in [0.2, 0.25) is 0 Å². The SMILES string of the molecule is C=C/C(=C\C(=C/C)c1cc2c(-c3cc4c(-c5ccsc5)cncc4[nH]3)n[nH]c2cn1)N(C)C. The average molecular weight is 453 g/mol. The molecule has 7 heteroatoms. The minimum absolute atomic E-state index is 0.858. The number of pyridine rings is 2. The van der Waals surface area contributed by atoms with Gasteiger partial charge in [-0.25, -0.2) is 0 Å². The molecule has 5 aromatic heterocycles. The Morgan fingerprint density at radius 1 is 1.12 bits per heavy atom. The third kappa shape index (κ3) is 3.76. The number of nitrogens with one attached hydrogen (secondary N) is 2. The molecule has 0 unspecified atom stereocenters. The summed E-state index contributed by atoms with van der Waals surface area (Å²) in [5, 5.41) is 14.1. The van der Waals surface area contributed by atoms with Crippen LogP contribution in [0.3, 0.4) is 0 Å². The molecule has 0 saturated carbocycles. The lowest BCUT2D eigenvalue weighted by Crippen LogP contribution is -2.09. The van der Waals surface area contributed by atoms with E-state index in [9.17, 15) is 0 Å². The summed E-state index contributed by atoms with van der Waals surface area (Å²) in [6.45, 7) is 5.94. The van der Waals surface area contributed by atoms with Gasteiger partial charge in [0.05, 0.1) is 34.8 Å². The Balaban J connectivity index is 1.62. The summed E-state index contributed by atoms with van der Waals surface area (Å²) in [5.74, 6) is 0. The molecule has 0 atom stereocenters. The second-order valence-corrected chi connectivity index (χ2v) is 8.72. The Kier molecular flexibility index (Phi) is 5.40. The molecule has 5 heterocycles. The molecule has 6 nitrogen and oxygen atoms in total. The molecule has 0 amide bonds. The number of fused-ring (bicyclic) bond motifs is 2. The highest BCUT2D eigenvalue weighted by atomic mass is 32.1. The Bertz CT molecular complexity index is 1520. The molecule has 0 aromatic carbocycles. The first-order valence-electron chi connectivity index (χ1n) is 10.6. The van der Waals surface area contributed by atoms with Gasteiger partial charge >= 0.3 is 0 Å². The molecule has 5 aromatic rings. The number of hydrogen-bond acceptors (Lipinski definition) is 5. The van der Waals surface area contributed by atoms with Crippen LogP contribution in [-0.2, 0) is 0 Å². The zero-order valence-electron chi connectivity index (χ0n) is 18.8. The van der Waals surface area contributed by atoms with Crippen molar-refractivity contribution in [2.24, 2.45) is 0 Å². The van der Waals surface area contributed by atoms with Gasteiger partial charge in [-0.2, -0.15) is 16.4 Å². The van der Waals surface area contributed by atoms with E-state index in [4.69, 9.17) is 0 Å². The standard InChI is InChI=1S/C26H24N6S/c1-5-16(9-18(6-2)32(3)4)22-11-20-25(14-28-22)30-31-26(20)23-10-19-21(17-7-8-33-15-17)12-27-13-24(19)29-23/h5-15,29H,2H2,1,3-4H3,(H,30,31)/b16-5+,18-9+. The van der Waals surface area contributed by atoms with Gasteiger partial charge in [0, 0.05) is 42.3 Å². The first kappa shape index (κ1) is 20.9. The van der Waals surface area contributed by atoms with E-state index in [0.717, 1.165) is 55.7 Å². The molecular formula is C26H24N6S. The maximum Gasteiger partial charge on any atom is 0.116 e. The van der Waals surface area contributed by atoms with Crippen molar-refractivity contribution in [1.82, 2.24) is 30.0 Å². The summed E-state index contributed by atoms with van der Waals surface area (Å²) in [5.41, 5.74) is 8.87. The summed E-state index contributed by atoms with van der Waals surface area (Å²) in [6.07, 6.45) is 11.6. The fourth-order valence-electron chi connectivity index (χ4n) is 3.94. The lowest BCUT2D eigenvalue weighted by Gasteiger charge is -2.14. The molecule has 164 valence electrons. The van der Waals surface area contributed by atoms with Crippen LogP contribution in [0.1, 0.15) is 12.6 Å². The van der Waals surface area contributed by atoms with E-state index in [1.165, 1.54) is 5.56 Å². The van der Waals surface area contributed by atoms with E-state index in [0.29, 0.717) is 0 Å². The monoisotopic (exact) mass is 452 g/mol. The molecule has 2 N–H and O–H groups in total. The van der Waals surface area contributed by atoms with Crippen LogP contribution < -0.4 is 0 Å². The molecule has 0 aliphatic rings. The first-order chi connectivity index (χ1) is 16.1. The van der Waals surface area contributed by atoms with E-state index >= 15 is 0 Å². The zero-order valence-corrected chi connectivity index (χ0v) is 19.6. The van der Waals surface area contributed by atoms with E-state index in [1.54, 1.807) is 11.3 Å². The summed E-state index contributed by atoms with van der Waals surface area (Å²) in [6, 6.07) is 6.35. The minimum Gasteiger partial charge on any atom is -0.378 e. The molecule has 33 heavy (non-hydrogen) atoms. The van der Waals surface area contributed by atoms with Crippen LogP contribution in [0.5, 0.6) is 0 Å². The highest BCUT2D eigenvalue weighted by Crippen LogP contribution is 2.34. The van der Waals surface area contributed by atoms with Crippen molar-refractivity contribution < 1.29 is 0 Å². The maximum atomic E-state index is 4.67. The van der Waals surface area contributed by atoms with Gasteiger partial charge in [-0.3, -0.25) is 15.1 Å². The number of hydrogen-bond donors (Lipinski definition) is 2. The average Bonchev–Trinajstić information content (AvgIpc) is 3.57. The molecule has 0 spiro atoms. The Hall–Kier alpha value is -3.97. The lowest BCUT2D eigenvalue weighted by molar-refractivity contribution is 0.530. The molecule has 0 bridgehead atoms. The molecule has 0 fully saturated rings. The third-order valence-corrected chi connectivity index (χ3v) is 6.40. The van der Waals surface area contributed by atoms with E-state index in [1.807, 2.05) is 50.6 Å². The van der Waals surface area contributed by atoms with Crippen LogP contribution in [0, 0.1) is 0 Å².